The molecule has 2 heteroatoms. The second-order valence-corrected chi connectivity index (χ2v) is 5.93. The SMILES string of the molecule is CCCNC(CCC)CN(CC1CC1)C(C)C. The van der Waals surface area contributed by atoms with Crippen LogP contribution in [0.3, 0.4) is 0 Å². The number of hydrogen-bond donors (Lipinski definition) is 1. The van der Waals surface area contributed by atoms with Crippen LogP contribution in [0.5, 0.6) is 0 Å². The molecule has 17 heavy (non-hydrogen) atoms. The van der Waals surface area contributed by atoms with E-state index in [0.717, 1.165) is 5.92 Å². The highest BCUT2D eigenvalue weighted by molar-refractivity contribution is 4.81. The lowest BCUT2D eigenvalue weighted by Gasteiger charge is -2.31. The third-order valence-electron chi connectivity index (χ3n) is 3.69. The maximum atomic E-state index is 3.71. The van der Waals surface area contributed by atoms with Gasteiger partial charge in [-0.1, -0.05) is 20.3 Å². The smallest absolute Gasteiger partial charge is 0.0195 e. The molecule has 0 saturated heterocycles. The molecular formula is C15H32N2. The lowest BCUT2D eigenvalue weighted by Crippen LogP contribution is -2.44. The zero-order chi connectivity index (χ0) is 12.7. The van der Waals surface area contributed by atoms with E-state index in [1.807, 2.05) is 0 Å². The van der Waals surface area contributed by atoms with Crippen molar-refractivity contribution in [3.05, 3.63) is 0 Å². The van der Waals surface area contributed by atoms with Crippen LogP contribution in [0.4, 0.5) is 0 Å². The molecule has 0 heterocycles. The Morgan fingerprint density at radius 2 is 1.88 bits per heavy atom. The molecule has 0 amide bonds. The zero-order valence-electron chi connectivity index (χ0n) is 12.3. The van der Waals surface area contributed by atoms with E-state index in [2.05, 4.69) is 37.9 Å². The van der Waals surface area contributed by atoms with E-state index in [-0.39, 0.29) is 0 Å². The molecule has 1 rings (SSSR count). The Bertz CT molecular complexity index is 187. The van der Waals surface area contributed by atoms with Crippen LogP contribution in [0, 0.1) is 5.92 Å². The van der Waals surface area contributed by atoms with Crippen LogP contribution in [0.2, 0.25) is 0 Å². The van der Waals surface area contributed by atoms with Crippen molar-refractivity contribution in [1.29, 1.82) is 0 Å². The largest absolute Gasteiger partial charge is 0.313 e. The Hall–Kier alpha value is -0.0800. The fourth-order valence-corrected chi connectivity index (χ4v) is 2.37. The fraction of sp³-hybridized carbons (Fsp3) is 1.00. The van der Waals surface area contributed by atoms with Gasteiger partial charge in [0.25, 0.3) is 0 Å². The van der Waals surface area contributed by atoms with E-state index in [4.69, 9.17) is 0 Å². The predicted molar refractivity (Wildman–Crippen MR) is 76.4 cm³/mol. The van der Waals surface area contributed by atoms with Crippen LogP contribution in [-0.2, 0) is 0 Å². The highest BCUT2D eigenvalue weighted by Gasteiger charge is 2.26. The van der Waals surface area contributed by atoms with Crippen LogP contribution in [0.25, 0.3) is 0 Å². The molecule has 102 valence electrons. The molecule has 1 aliphatic carbocycles. The zero-order valence-corrected chi connectivity index (χ0v) is 12.3. The van der Waals surface area contributed by atoms with Crippen LogP contribution in [0.1, 0.15) is 59.8 Å². The van der Waals surface area contributed by atoms with Gasteiger partial charge in [-0.3, -0.25) is 4.90 Å². The standard InChI is InChI=1S/C15H32N2/c1-5-7-15(16-10-6-2)12-17(13(3)4)11-14-8-9-14/h13-16H,5-12H2,1-4H3. The van der Waals surface area contributed by atoms with Gasteiger partial charge >= 0.3 is 0 Å². The highest BCUT2D eigenvalue weighted by Crippen LogP contribution is 2.30. The first kappa shape index (κ1) is 15.0. The molecular weight excluding hydrogens is 208 g/mol. The van der Waals surface area contributed by atoms with Crippen molar-refractivity contribution in [1.82, 2.24) is 10.2 Å². The lowest BCUT2D eigenvalue weighted by atomic mass is 10.1. The third kappa shape index (κ3) is 6.42. The first-order valence-corrected chi connectivity index (χ1v) is 7.64. The molecule has 1 unspecified atom stereocenters. The van der Waals surface area contributed by atoms with Gasteiger partial charge in [-0.25, -0.2) is 0 Å². The van der Waals surface area contributed by atoms with E-state index < -0.39 is 0 Å². The van der Waals surface area contributed by atoms with Crippen LogP contribution in [-0.4, -0.2) is 36.6 Å². The van der Waals surface area contributed by atoms with E-state index in [1.54, 1.807) is 0 Å². The summed E-state index contributed by atoms with van der Waals surface area (Å²) < 4.78 is 0. The molecule has 0 aromatic heterocycles. The Morgan fingerprint density at radius 1 is 1.18 bits per heavy atom. The molecule has 0 aromatic carbocycles. The van der Waals surface area contributed by atoms with Gasteiger partial charge in [0.05, 0.1) is 0 Å². The molecule has 1 atom stereocenters. The summed E-state index contributed by atoms with van der Waals surface area (Å²) >= 11 is 0. The van der Waals surface area contributed by atoms with Crippen molar-refractivity contribution >= 4 is 0 Å². The summed E-state index contributed by atoms with van der Waals surface area (Å²) in [6.45, 7) is 13.0. The summed E-state index contributed by atoms with van der Waals surface area (Å²) in [7, 11) is 0. The van der Waals surface area contributed by atoms with Crippen molar-refractivity contribution < 1.29 is 0 Å². The molecule has 0 aromatic rings. The minimum Gasteiger partial charge on any atom is -0.313 e. The van der Waals surface area contributed by atoms with Gasteiger partial charge in [-0.05, 0) is 52.0 Å². The summed E-state index contributed by atoms with van der Waals surface area (Å²) in [6, 6.07) is 1.39. The quantitative estimate of drug-likeness (QED) is 0.630. The average Bonchev–Trinajstić information content (AvgIpc) is 3.08. The lowest BCUT2D eigenvalue weighted by molar-refractivity contribution is 0.185. The van der Waals surface area contributed by atoms with Gasteiger partial charge in [-0.2, -0.15) is 0 Å². The summed E-state index contributed by atoms with van der Waals surface area (Å²) in [5, 5.41) is 3.71. The van der Waals surface area contributed by atoms with Crippen molar-refractivity contribution in [2.24, 2.45) is 5.92 Å². The van der Waals surface area contributed by atoms with Gasteiger partial charge in [0.15, 0.2) is 0 Å². The van der Waals surface area contributed by atoms with E-state index in [0.29, 0.717) is 12.1 Å². The van der Waals surface area contributed by atoms with Gasteiger partial charge in [0.1, 0.15) is 0 Å². The molecule has 1 saturated carbocycles. The minimum atomic E-state index is 0.693. The summed E-state index contributed by atoms with van der Waals surface area (Å²) in [5.41, 5.74) is 0. The maximum Gasteiger partial charge on any atom is 0.0195 e. The Balaban J connectivity index is 2.35. The first-order valence-electron chi connectivity index (χ1n) is 7.64. The fourth-order valence-electron chi connectivity index (χ4n) is 2.37. The number of hydrogen-bond acceptors (Lipinski definition) is 2. The van der Waals surface area contributed by atoms with Crippen molar-refractivity contribution in [3.63, 3.8) is 0 Å². The van der Waals surface area contributed by atoms with Crippen molar-refractivity contribution in [3.8, 4) is 0 Å². The topological polar surface area (TPSA) is 15.3 Å². The molecule has 0 aliphatic heterocycles. The summed E-state index contributed by atoms with van der Waals surface area (Å²) in [4.78, 5) is 2.68. The summed E-state index contributed by atoms with van der Waals surface area (Å²) in [5.74, 6) is 1.01. The number of nitrogens with zero attached hydrogens (tertiary/aromatic N) is 1. The van der Waals surface area contributed by atoms with E-state index in [9.17, 15) is 0 Å². The Morgan fingerprint density at radius 3 is 2.35 bits per heavy atom. The van der Waals surface area contributed by atoms with Gasteiger partial charge in [0, 0.05) is 25.2 Å². The van der Waals surface area contributed by atoms with Crippen LogP contribution in [0.15, 0.2) is 0 Å². The molecule has 1 aliphatic rings. The number of rotatable bonds is 10. The second-order valence-electron chi connectivity index (χ2n) is 5.93. The molecule has 1 fully saturated rings. The summed E-state index contributed by atoms with van der Waals surface area (Å²) in [6.07, 6.45) is 6.77. The minimum absolute atomic E-state index is 0.693. The highest BCUT2D eigenvalue weighted by atomic mass is 15.2. The first-order chi connectivity index (χ1) is 8.17. The van der Waals surface area contributed by atoms with E-state index in [1.165, 1.54) is 51.7 Å². The predicted octanol–water partition coefficient (Wildman–Crippen LogP) is 3.28. The molecule has 0 spiro atoms. The average molecular weight is 240 g/mol. The molecule has 0 bridgehead atoms. The van der Waals surface area contributed by atoms with Crippen molar-refractivity contribution in [2.75, 3.05) is 19.6 Å². The van der Waals surface area contributed by atoms with E-state index >= 15 is 0 Å². The Kier molecular flexibility index (Phi) is 7.14. The second kappa shape index (κ2) is 8.10. The van der Waals surface area contributed by atoms with Gasteiger partial charge < -0.3 is 5.32 Å². The molecule has 2 nitrogen and oxygen atoms in total. The monoisotopic (exact) mass is 240 g/mol. The van der Waals surface area contributed by atoms with Crippen molar-refractivity contribution in [2.45, 2.75) is 71.9 Å². The van der Waals surface area contributed by atoms with Gasteiger partial charge in [0.2, 0.25) is 0 Å². The Labute approximate surface area is 108 Å². The van der Waals surface area contributed by atoms with Crippen LogP contribution < -0.4 is 5.32 Å². The molecule has 1 N–H and O–H groups in total. The third-order valence-corrected chi connectivity index (χ3v) is 3.69. The van der Waals surface area contributed by atoms with Crippen LogP contribution >= 0.6 is 0 Å². The number of nitrogens with one attached hydrogen (secondary N) is 1. The normalized spacial score (nSPS) is 18.0. The van der Waals surface area contributed by atoms with Gasteiger partial charge in [-0.15, -0.1) is 0 Å². The molecule has 0 radical (unpaired) electrons. The maximum absolute atomic E-state index is 3.71.